The number of nitrogens with one attached hydrogen (secondary N) is 1. The Morgan fingerprint density at radius 1 is 1.57 bits per heavy atom. The van der Waals surface area contributed by atoms with Crippen LogP contribution in [0.1, 0.15) is 11.3 Å². The van der Waals surface area contributed by atoms with E-state index in [4.69, 9.17) is 4.42 Å². The van der Waals surface area contributed by atoms with Crippen LogP contribution in [-0.4, -0.2) is 9.78 Å². The van der Waals surface area contributed by atoms with Crippen molar-refractivity contribution in [2.75, 3.05) is 5.32 Å². The Balaban J connectivity index is 2.01. The van der Waals surface area contributed by atoms with E-state index in [2.05, 4.69) is 10.4 Å². The molecule has 14 heavy (non-hydrogen) atoms. The first-order valence-electron chi connectivity index (χ1n) is 4.52. The van der Waals surface area contributed by atoms with Crippen molar-refractivity contribution in [3.63, 3.8) is 0 Å². The van der Waals surface area contributed by atoms with Crippen LogP contribution in [-0.2, 0) is 13.6 Å². The number of nitrogens with zero attached hydrogens (tertiary/aromatic N) is 2. The second-order valence-corrected chi connectivity index (χ2v) is 3.27. The lowest BCUT2D eigenvalue weighted by atomic mass is 10.3. The minimum absolute atomic E-state index is 0.671. The first-order chi connectivity index (χ1) is 6.75. The van der Waals surface area contributed by atoms with E-state index in [0.29, 0.717) is 6.54 Å². The SMILES string of the molecule is Cc1cn(C)nc1NCc1ccco1. The highest BCUT2D eigenvalue weighted by atomic mass is 16.3. The zero-order valence-corrected chi connectivity index (χ0v) is 8.32. The van der Waals surface area contributed by atoms with Gasteiger partial charge in [0.05, 0.1) is 12.8 Å². The molecule has 0 bridgehead atoms. The van der Waals surface area contributed by atoms with Gasteiger partial charge >= 0.3 is 0 Å². The third kappa shape index (κ3) is 1.79. The van der Waals surface area contributed by atoms with E-state index in [0.717, 1.165) is 17.1 Å². The van der Waals surface area contributed by atoms with E-state index in [-0.39, 0.29) is 0 Å². The molecular formula is C10H13N3O. The fourth-order valence-electron chi connectivity index (χ4n) is 1.37. The van der Waals surface area contributed by atoms with Crippen molar-refractivity contribution in [1.29, 1.82) is 0 Å². The van der Waals surface area contributed by atoms with E-state index >= 15 is 0 Å². The lowest BCUT2D eigenvalue weighted by Crippen LogP contribution is -2.00. The van der Waals surface area contributed by atoms with Gasteiger partial charge < -0.3 is 9.73 Å². The quantitative estimate of drug-likeness (QED) is 0.806. The molecule has 0 aromatic carbocycles. The fraction of sp³-hybridized carbons (Fsp3) is 0.300. The number of rotatable bonds is 3. The van der Waals surface area contributed by atoms with Gasteiger partial charge in [-0.25, -0.2) is 0 Å². The third-order valence-electron chi connectivity index (χ3n) is 2.02. The summed E-state index contributed by atoms with van der Waals surface area (Å²) < 4.78 is 7.00. The van der Waals surface area contributed by atoms with Crippen LogP contribution in [0.15, 0.2) is 29.0 Å². The zero-order chi connectivity index (χ0) is 9.97. The predicted octanol–water partition coefficient (Wildman–Crippen LogP) is 1.93. The van der Waals surface area contributed by atoms with Crippen molar-refractivity contribution < 1.29 is 4.42 Å². The maximum atomic E-state index is 5.20. The van der Waals surface area contributed by atoms with Crippen molar-refractivity contribution in [2.24, 2.45) is 7.05 Å². The normalized spacial score (nSPS) is 10.4. The molecule has 2 aromatic rings. The molecule has 0 radical (unpaired) electrons. The predicted molar refractivity (Wildman–Crippen MR) is 54.0 cm³/mol. The highest BCUT2D eigenvalue weighted by molar-refractivity contribution is 5.41. The number of hydrogen-bond acceptors (Lipinski definition) is 3. The Kier molecular flexibility index (Phi) is 2.26. The summed E-state index contributed by atoms with van der Waals surface area (Å²) in [6.07, 6.45) is 3.65. The summed E-state index contributed by atoms with van der Waals surface area (Å²) in [4.78, 5) is 0. The van der Waals surface area contributed by atoms with E-state index in [9.17, 15) is 0 Å². The van der Waals surface area contributed by atoms with E-state index in [1.165, 1.54) is 0 Å². The number of aromatic nitrogens is 2. The van der Waals surface area contributed by atoms with Crippen molar-refractivity contribution in [2.45, 2.75) is 13.5 Å². The minimum atomic E-state index is 0.671. The molecule has 0 spiro atoms. The van der Waals surface area contributed by atoms with Crippen LogP contribution in [0.5, 0.6) is 0 Å². The van der Waals surface area contributed by atoms with E-state index in [1.54, 1.807) is 10.9 Å². The van der Waals surface area contributed by atoms with Gasteiger partial charge in [-0.15, -0.1) is 0 Å². The van der Waals surface area contributed by atoms with Crippen LogP contribution in [0.4, 0.5) is 5.82 Å². The highest BCUT2D eigenvalue weighted by Gasteiger charge is 2.02. The Labute approximate surface area is 82.5 Å². The molecule has 1 N–H and O–H groups in total. The second kappa shape index (κ2) is 3.57. The Morgan fingerprint density at radius 2 is 2.43 bits per heavy atom. The second-order valence-electron chi connectivity index (χ2n) is 3.27. The van der Waals surface area contributed by atoms with Gasteiger partial charge in [0.25, 0.3) is 0 Å². The Hall–Kier alpha value is -1.71. The molecule has 0 amide bonds. The molecule has 0 aliphatic heterocycles. The molecule has 0 atom stereocenters. The molecule has 0 saturated carbocycles. The molecule has 2 rings (SSSR count). The number of hydrogen-bond donors (Lipinski definition) is 1. The topological polar surface area (TPSA) is 43.0 Å². The molecule has 0 saturated heterocycles. The number of anilines is 1. The maximum absolute atomic E-state index is 5.20. The number of furan rings is 1. The van der Waals surface area contributed by atoms with E-state index < -0.39 is 0 Å². The van der Waals surface area contributed by atoms with Crippen LogP contribution in [0.3, 0.4) is 0 Å². The molecular weight excluding hydrogens is 178 g/mol. The van der Waals surface area contributed by atoms with Crippen LogP contribution in [0.25, 0.3) is 0 Å². The van der Waals surface area contributed by atoms with Gasteiger partial charge in [0.2, 0.25) is 0 Å². The first-order valence-corrected chi connectivity index (χ1v) is 4.52. The van der Waals surface area contributed by atoms with Gasteiger partial charge in [-0.05, 0) is 19.1 Å². The molecule has 74 valence electrons. The summed E-state index contributed by atoms with van der Waals surface area (Å²) in [6.45, 7) is 2.70. The Bertz CT molecular complexity index is 403. The molecule has 0 aliphatic rings. The molecule has 4 heteroatoms. The molecule has 2 heterocycles. The standard InChI is InChI=1S/C10H13N3O/c1-8-7-13(2)12-10(8)11-6-9-4-3-5-14-9/h3-5,7H,6H2,1-2H3,(H,11,12). The summed E-state index contributed by atoms with van der Waals surface area (Å²) in [5.41, 5.74) is 1.14. The van der Waals surface area contributed by atoms with Crippen molar-refractivity contribution in [3.8, 4) is 0 Å². The Morgan fingerprint density at radius 3 is 3.00 bits per heavy atom. The monoisotopic (exact) mass is 191 g/mol. The summed E-state index contributed by atoms with van der Waals surface area (Å²) in [7, 11) is 1.91. The van der Waals surface area contributed by atoms with Crippen molar-refractivity contribution in [1.82, 2.24) is 9.78 Å². The van der Waals surface area contributed by atoms with Crippen LogP contribution in [0.2, 0.25) is 0 Å². The first kappa shape index (κ1) is 8.87. The largest absolute Gasteiger partial charge is 0.467 e. The van der Waals surface area contributed by atoms with Crippen molar-refractivity contribution >= 4 is 5.82 Å². The third-order valence-corrected chi connectivity index (χ3v) is 2.02. The summed E-state index contributed by atoms with van der Waals surface area (Å²) >= 11 is 0. The molecule has 0 fully saturated rings. The van der Waals surface area contributed by atoms with Gasteiger partial charge in [0.1, 0.15) is 5.76 Å². The van der Waals surface area contributed by atoms with Crippen LogP contribution < -0.4 is 5.32 Å². The van der Waals surface area contributed by atoms with Gasteiger partial charge in [0, 0.05) is 18.8 Å². The average molecular weight is 191 g/mol. The summed E-state index contributed by atoms with van der Waals surface area (Å²) in [5, 5.41) is 7.48. The van der Waals surface area contributed by atoms with Crippen LogP contribution >= 0.6 is 0 Å². The summed E-state index contributed by atoms with van der Waals surface area (Å²) in [6, 6.07) is 3.81. The average Bonchev–Trinajstić information content (AvgIpc) is 2.72. The smallest absolute Gasteiger partial charge is 0.151 e. The van der Waals surface area contributed by atoms with Crippen molar-refractivity contribution in [3.05, 3.63) is 35.9 Å². The molecule has 0 unspecified atom stereocenters. The zero-order valence-electron chi connectivity index (χ0n) is 8.32. The van der Waals surface area contributed by atoms with E-state index in [1.807, 2.05) is 32.3 Å². The number of aryl methyl sites for hydroxylation is 2. The molecule has 0 aliphatic carbocycles. The fourth-order valence-corrected chi connectivity index (χ4v) is 1.37. The van der Waals surface area contributed by atoms with Crippen LogP contribution in [0, 0.1) is 6.92 Å². The lowest BCUT2D eigenvalue weighted by molar-refractivity contribution is 0.517. The van der Waals surface area contributed by atoms with Gasteiger partial charge in [-0.3, -0.25) is 4.68 Å². The highest BCUT2D eigenvalue weighted by Crippen LogP contribution is 2.12. The molecule has 2 aromatic heterocycles. The van der Waals surface area contributed by atoms with Gasteiger partial charge in [0.15, 0.2) is 5.82 Å². The molecule has 4 nitrogen and oxygen atoms in total. The maximum Gasteiger partial charge on any atom is 0.151 e. The van der Waals surface area contributed by atoms with Gasteiger partial charge in [-0.1, -0.05) is 0 Å². The summed E-state index contributed by atoms with van der Waals surface area (Å²) in [5.74, 6) is 1.82. The lowest BCUT2D eigenvalue weighted by Gasteiger charge is -2.00. The minimum Gasteiger partial charge on any atom is -0.467 e. The van der Waals surface area contributed by atoms with Gasteiger partial charge in [-0.2, -0.15) is 5.10 Å².